The fourth-order valence-electron chi connectivity index (χ4n) is 2.71. The van der Waals surface area contributed by atoms with Gasteiger partial charge in [0.1, 0.15) is 5.69 Å². The number of methoxy groups -OCH3 is 3. The monoisotopic (exact) mass is 394 g/mol. The van der Waals surface area contributed by atoms with E-state index in [4.69, 9.17) is 14.2 Å². The second-order valence-electron chi connectivity index (χ2n) is 6.19. The van der Waals surface area contributed by atoms with E-state index in [1.54, 1.807) is 18.2 Å². The zero-order valence-electron chi connectivity index (χ0n) is 16.6. The third-order valence-corrected chi connectivity index (χ3v) is 4.24. The first-order valence-corrected chi connectivity index (χ1v) is 8.81. The van der Waals surface area contributed by atoms with Crippen molar-refractivity contribution in [2.45, 2.75) is 6.92 Å². The van der Waals surface area contributed by atoms with Crippen molar-refractivity contribution >= 4 is 12.1 Å². The van der Waals surface area contributed by atoms with E-state index in [2.05, 4.69) is 20.7 Å². The molecule has 0 radical (unpaired) electrons. The van der Waals surface area contributed by atoms with Crippen molar-refractivity contribution in [3.05, 3.63) is 59.3 Å². The smallest absolute Gasteiger partial charge is 0.289 e. The van der Waals surface area contributed by atoms with Crippen LogP contribution >= 0.6 is 0 Å². The number of carbonyl (C=O) groups excluding carboxylic acids is 1. The van der Waals surface area contributed by atoms with E-state index in [0.717, 1.165) is 11.1 Å². The van der Waals surface area contributed by atoms with E-state index in [9.17, 15) is 4.79 Å². The number of ether oxygens (including phenoxy) is 3. The zero-order chi connectivity index (χ0) is 20.8. The van der Waals surface area contributed by atoms with Crippen LogP contribution in [-0.2, 0) is 0 Å². The molecule has 0 saturated carbocycles. The third-order valence-electron chi connectivity index (χ3n) is 4.24. The van der Waals surface area contributed by atoms with E-state index < -0.39 is 5.91 Å². The van der Waals surface area contributed by atoms with Crippen molar-refractivity contribution in [3.63, 3.8) is 0 Å². The summed E-state index contributed by atoms with van der Waals surface area (Å²) < 4.78 is 15.9. The summed E-state index contributed by atoms with van der Waals surface area (Å²) in [5, 5.41) is 10.9. The fraction of sp³-hybridized carbons (Fsp3) is 0.190. The van der Waals surface area contributed by atoms with E-state index >= 15 is 0 Å². The number of aromatic nitrogens is 2. The maximum atomic E-state index is 12.3. The summed E-state index contributed by atoms with van der Waals surface area (Å²) in [6.07, 6.45) is 1.49. The second-order valence-corrected chi connectivity index (χ2v) is 6.19. The maximum Gasteiger partial charge on any atom is 0.289 e. The lowest BCUT2D eigenvalue weighted by Gasteiger charge is -2.12. The van der Waals surface area contributed by atoms with Crippen molar-refractivity contribution in [2.24, 2.45) is 5.10 Å². The predicted octanol–water partition coefficient (Wildman–Crippen LogP) is 3.17. The Morgan fingerprint density at radius 1 is 1.03 bits per heavy atom. The summed E-state index contributed by atoms with van der Waals surface area (Å²) >= 11 is 0. The van der Waals surface area contributed by atoms with Gasteiger partial charge in [-0.2, -0.15) is 10.2 Å². The number of amides is 1. The molecule has 2 aromatic carbocycles. The van der Waals surface area contributed by atoms with Gasteiger partial charge in [-0.15, -0.1) is 0 Å². The van der Waals surface area contributed by atoms with Crippen LogP contribution < -0.4 is 19.6 Å². The molecule has 8 nitrogen and oxygen atoms in total. The molecule has 29 heavy (non-hydrogen) atoms. The van der Waals surface area contributed by atoms with Gasteiger partial charge in [0.05, 0.1) is 33.2 Å². The normalized spacial score (nSPS) is 10.8. The van der Waals surface area contributed by atoms with E-state index in [1.165, 1.54) is 27.5 Å². The number of nitrogens with zero attached hydrogens (tertiary/aromatic N) is 2. The first kappa shape index (κ1) is 19.9. The van der Waals surface area contributed by atoms with Gasteiger partial charge in [0, 0.05) is 11.1 Å². The van der Waals surface area contributed by atoms with E-state index in [0.29, 0.717) is 34.2 Å². The van der Waals surface area contributed by atoms with Crippen molar-refractivity contribution in [1.29, 1.82) is 0 Å². The Morgan fingerprint density at radius 2 is 1.69 bits per heavy atom. The van der Waals surface area contributed by atoms with Crippen molar-refractivity contribution in [3.8, 4) is 28.5 Å². The molecule has 0 spiro atoms. The highest BCUT2D eigenvalue weighted by Crippen LogP contribution is 2.37. The molecule has 0 aliphatic carbocycles. The number of nitrogens with one attached hydrogen (secondary N) is 2. The van der Waals surface area contributed by atoms with Crippen LogP contribution in [0.3, 0.4) is 0 Å². The minimum Gasteiger partial charge on any atom is -0.493 e. The SMILES string of the molecule is COc1cc(/C=N/NC(=O)c2cc(-c3ccc(C)cc3)n[nH]2)cc(OC)c1OC. The molecule has 0 unspecified atom stereocenters. The summed E-state index contributed by atoms with van der Waals surface area (Å²) in [6.45, 7) is 2.01. The number of aryl methyl sites for hydroxylation is 1. The van der Waals surface area contributed by atoms with Crippen molar-refractivity contribution in [2.75, 3.05) is 21.3 Å². The van der Waals surface area contributed by atoms with Gasteiger partial charge in [-0.25, -0.2) is 5.43 Å². The lowest BCUT2D eigenvalue weighted by Crippen LogP contribution is -2.18. The molecule has 0 bridgehead atoms. The highest BCUT2D eigenvalue weighted by atomic mass is 16.5. The van der Waals surface area contributed by atoms with Crippen LogP contribution in [0.1, 0.15) is 21.6 Å². The Kier molecular flexibility index (Phi) is 6.13. The van der Waals surface area contributed by atoms with E-state index in [1.807, 2.05) is 31.2 Å². The van der Waals surface area contributed by atoms with Gasteiger partial charge in [-0.1, -0.05) is 29.8 Å². The van der Waals surface area contributed by atoms with Gasteiger partial charge < -0.3 is 14.2 Å². The molecule has 150 valence electrons. The van der Waals surface area contributed by atoms with E-state index in [-0.39, 0.29) is 0 Å². The predicted molar refractivity (Wildman–Crippen MR) is 110 cm³/mol. The second kappa shape index (κ2) is 8.92. The summed E-state index contributed by atoms with van der Waals surface area (Å²) in [6, 6.07) is 13.0. The summed E-state index contributed by atoms with van der Waals surface area (Å²) in [5.41, 5.74) is 6.21. The van der Waals surface area contributed by atoms with Crippen molar-refractivity contribution < 1.29 is 19.0 Å². The maximum absolute atomic E-state index is 12.3. The molecule has 3 rings (SSSR count). The Bertz CT molecular complexity index is 1000. The average Bonchev–Trinajstić information content (AvgIpc) is 3.23. The molecule has 0 aliphatic rings. The Hall–Kier alpha value is -3.81. The number of rotatable bonds is 7. The minimum atomic E-state index is -0.403. The molecule has 0 saturated heterocycles. The third kappa shape index (κ3) is 4.55. The van der Waals surface area contributed by atoms with Gasteiger partial charge in [-0.05, 0) is 25.1 Å². The number of H-pyrrole nitrogens is 1. The van der Waals surface area contributed by atoms with Crippen LogP contribution in [0, 0.1) is 6.92 Å². The van der Waals surface area contributed by atoms with Gasteiger partial charge >= 0.3 is 0 Å². The molecule has 1 amide bonds. The largest absolute Gasteiger partial charge is 0.493 e. The lowest BCUT2D eigenvalue weighted by atomic mass is 10.1. The number of aromatic amines is 1. The first-order valence-electron chi connectivity index (χ1n) is 8.81. The highest BCUT2D eigenvalue weighted by molar-refractivity contribution is 5.94. The quantitative estimate of drug-likeness (QED) is 0.474. The molecule has 8 heteroatoms. The van der Waals surface area contributed by atoms with Gasteiger partial charge in [0.15, 0.2) is 11.5 Å². The topological polar surface area (TPSA) is 97.8 Å². The van der Waals surface area contributed by atoms with Crippen LogP contribution in [0.5, 0.6) is 17.2 Å². The molecule has 0 aliphatic heterocycles. The van der Waals surface area contributed by atoms with Crippen LogP contribution in [0.2, 0.25) is 0 Å². The van der Waals surface area contributed by atoms with Gasteiger partial charge in [-0.3, -0.25) is 9.89 Å². The molecule has 1 aromatic heterocycles. The van der Waals surface area contributed by atoms with Crippen molar-refractivity contribution in [1.82, 2.24) is 15.6 Å². The number of hydrogen-bond acceptors (Lipinski definition) is 6. The van der Waals surface area contributed by atoms with Gasteiger partial charge in [0.2, 0.25) is 5.75 Å². The molecule has 3 aromatic rings. The van der Waals surface area contributed by atoms with Gasteiger partial charge in [0.25, 0.3) is 5.91 Å². The molecule has 1 heterocycles. The first-order chi connectivity index (χ1) is 14.0. The van der Waals surface area contributed by atoms with Crippen LogP contribution in [0.25, 0.3) is 11.3 Å². The summed E-state index contributed by atoms with van der Waals surface area (Å²) in [7, 11) is 4.59. The lowest BCUT2D eigenvalue weighted by molar-refractivity contribution is 0.0950. The zero-order valence-corrected chi connectivity index (χ0v) is 16.6. The Balaban J connectivity index is 1.71. The number of carbonyl (C=O) groups is 1. The standard InChI is InChI=1S/C21H22N4O4/c1-13-5-7-15(8-6-13)16-11-17(24-23-16)21(26)25-22-12-14-9-18(27-2)20(29-4)19(10-14)28-3/h5-12H,1-4H3,(H,23,24)(H,25,26)/b22-12+. The molecular formula is C21H22N4O4. The number of hydrogen-bond donors (Lipinski definition) is 2. The van der Waals surface area contributed by atoms with Crippen LogP contribution in [-0.4, -0.2) is 43.6 Å². The fourth-order valence-corrected chi connectivity index (χ4v) is 2.71. The highest BCUT2D eigenvalue weighted by Gasteiger charge is 2.13. The Labute approximate surface area is 168 Å². The number of hydrazone groups is 1. The summed E-state index contributed by atoms with van der Waals surface area (Å²) in [4.78, 5) is 12.3. The molecule has 2 N–H and O–H groups in total. The molecule has 0 atom stereocenters. The number of benzene rings is 2. The molecular weight excluding hydrogens is 372 g/mol. The van der Waals surface area contributed by atoms with Crippen LogP contribution in [0.15, 0.2) is 47.6 Å². The molecule has 0 fully saturated rings. The minimum absolute atomic E-state index is 0.308. The average molecular weight is 394 g/mol. The Morgan fingerprint density at radius 3 is 2.28 bits per heavy atom. The van der Waals surface area contributed by atoms with Crippen LogP contribution in [0.4, 0.5) is 0 Å². The summed E-state index contributed by atoms with van der Waals surface area (Å²) in [5.74, 6) is 1.07.